The highest BCUT2D eigenvalue weighted by Gasteiger charge is 2.31. The van der Waals surface area contributed by atoms with Crippen molar-refractivity contribution in [2.75, 3.05) is 14.1 Å². The van der Waals surface area contributed by atoms with Gasteiger partial charge in [-0.15, -0.1) is 25.6 Å². The van der Waals surface area contributed by atoms with Crippen LogP contribution in [0.2, 0.25) is 0 Å². The fourth-order valence-electron chi connectivity index (χ4n) is 1.41. The lowest BCUT2D eigenvalue weighted by Gasteiger charge is -2.16. The zero-order valence-electron chi connectivity index (χ0n) is 11.0. The van der Waals surface area contributed by atoms with Gasteiger partial charge in [-0.1, -0.05) is 12.1 Å². The quantitative estimate of drug-likeness (QED) is 0.929. The Bertz CT molecular complexity index is 435. The molecule has 0 aromatic heterocycles. The Morgan fingerprint density at radius 3 is 2.20 bits per heavy atom. The Balaban J connectivity index is 0.00000361. The van der Waals surface area contributed by atoms with Gasteiger partial charge in [-0.25, -0.2) is 0 Å². The van der Waals surface area contributed by atoms with E-state index in [1.165, 1.54) is 29.2 Å². The molecule has 1 rings (SSSR count). The molecule has 0 aliphatic carbocycles. The first-order valence-electron chi connectivity index (χ1n) is 5.50. The number of nitrogens with zero attached hydrogens (tertiary/aromatic N) is 1. The molecule has 20 heavy (non-hydrogen) atoms. The standard InChI is InChI=1S/C12H15F3N2O2.ClH/c1-17(2)11(18)7-10(16)8-3-5-9(6-4-8)19-12(13,14)15;/h3-6,10H,7,16H2,1-2H3;1H. The highest BCUT2D eigenvalue weighted by Crippen LogP contribution is 2.24. The maximum atomic E-state index is 12.0. The van der Waals surface area contributed by atoms with Gasteiger partial charge in [0.1, 0.15) is 5.75 Å². The van der Waals surface area contributed by atoms with Crippen molar-refractivity contribution in [1.29, 1.82) is 0 Å². The molecule has 8 heteroatoms. The van der Waals surface area contributed by atoms with Crippen molar-refractivity contribution in [2.45, 2.75) is 18.8 Å². The van der Waals surface area contributed by atoms with Gasteiger partial charge >= 0.3 is 6.36 Å². The van der Waals surface area contributed by atoms with Gasteiger partial charge in [-0.05, 0) is 17.7 Å². The molecule has 1 unspecified atom stereocenters. The normalized spacial score (nSPS) is 12.3. The summed E-state index contributed by atoms with van der Waals surface area (Å²) in [6.07, 6.45) is -4.63. The minimum atomic E-state index is -4.72. The zero-order valence-corrected chi connectivity index (χ0v) is 11.8. The first-order chi connectivity index (χ1) is 8.69. The molecule has 1 atom stereocenters. The smallest absolute Gasteiger partial charge is 0.406 e. The Labute approximate surface area is 121 Å². The van der Waals surface area contributed by atoms with E-state index in [4.69, 9.17) is 5.73 Å². The van der Waals surface area contributed by atoms with Gasteiger partial charge in [0.25, 0.3) is 0 Å². The van der Waals surface area contributed by atoms with Crippen LogP contribution in [0.4, 0.5) is 13.2 Å². The summed E-state index contributed by atoms with van der Waals surface area (Å²) < 4.78 is 39.6. The van der Waals surface area contributed by atoms with Gasteiger partial charge in [0.2, 0.25) is 5.91 Å². The second-order valence-electron chi connectivity index (χ2n) is 4.22. The molecule has 0 saturated carbocycles. The number of alkyl halides is 3. The topological polar surface area (TPSA) is 55.6 Å². The van der Waals surface area contributed by atoms with Crippen molar-refractivity contribution in [3.8, 4) is 5.75 Å². The van der Waals surface area contributed by atoms with Crippen molar-refractivity contribution < 1.29 is 22.7 Å². The maximum Gasteiger partial charge on any atom is 0.573 e. The van der Waals surface area contributed by atoms with Crippen LogP contribution in [-0.2, 0) is 4.79 Å². The van der Waals surface area contributed by atoms with E-state index in [2.05, 4.69) is 4.74 Å². The van der Waals surface area contributed by atoms with Gasteiger partial charge in [0.05, 0.1) is 0 Å². The van der Waals surface area contributed by atoms with E-state index in [0.717, 1.165) is 0 Å². The Hall–Kier alpha value is -1.47. The van der Waals surface area contributed by atoms with Crippen molar-refractivity contribution in [3.05, 3.63) is 29.8 Å². The van der Waals surface area contributed by atoms with Crippen LogP contribution >= 0.6 is 12.4 Å². The van der Waals surface area contributed by atoms with E-state index >= 15 is 0 Å². The summed E-state index contributed by atoms with van der Waals surface area (Å²) in [5.41, 5.74) is 6.37. The third-order valence-electron chi connectivity index (χ3n) is 2.44. The number of rotatable bonds is 4. The number of hydrogen-bond acceptors (Lipinski definition) is 3. The minimum absolute atomic E-state index is 0. The van der Waals surface area contributed by atoms with E-state index in [1.807, 2.05) is 0 Å². The van der Waals surface area contributed by atoms with Gasteiger partial charge in [0, 0.05) is 26.6 Å². The molecule has 0 radical (unpaired) electrons. The number of carbonyl (C=O) groups excluding carboxylic acids is 1. The molecule has 0 aliphatic heterocycles. The summed E-state index contributed by atoms with van der Waals surface area (Å²) in [5, 5.41) is 0. The molecule has 114 valence electrons. The highest BCUT2D eigenvalue weighted by atomic mass is 35.5. The van der Waals surface area contributed by atoms with Crippen molar-refractivity contribution in [1.82, 2.24) is 4.90 Å². The van der Waals surface area contributed by atoms with Crippen LogP contribution in [-0.4, -0.2) is 31.3 Å². The lowest BCUT2D eigenvalue weighted by atomic mass is 10.0. The molecule has 2 N–H and O–H groups in total. The summed E-state index contributed by atoms with van der Waals surface area (Å²) in [5.74, 6) is -0.467. The number of amides is 1. The SMILES string of the molecule is CN(C)C(=O)CC(N)c1ccc(OC(F)(F)F)cc1.Cl. The lowest BCUT2D eigenvalue weighted by Crippen LogP contribution is -2.26. The Morgan fingerprint density at radius 2 is 1.80 bits per heavy atom. The van der Waals surface area contributed by atoms with E-state index < -0.39 is 12.4 Å². The van der Waals surface area contributed by atoms with Gasteiger partial charge in [-0.2, -0.15) is 0 Å². The van der Waals surface area contributed by atoms with Crippen LogP contribution in [0.15, 0.2) is 24.3 Å². The van der Waals surface area contributed by atoms with Crippen LogP contribution < -0.4 is 10.5 Å². The summed E-state index contributed by atoms with van der Waals surface area (Å²) >= 11 is 0. The molecular formula is C12H16ClF3N2O2. The molecule has 1 aromatic rings. The summed E-state index contributed by atoms with van der Waals surface area (Å²) in [4.78, 5) is 12.9. The average Bonchev–Trinajstić information content (AvgIpc) is 2.27. The molecule has 0 spiro atoms. The Morgan fingerprint density at radius 1 is 1.30 bits per heavy atom. The van der Waals surface area contributed by atoms with Crippen molar-refractivity contribution >= 4 is 18.3 Å². The number of benzene rings is 1. The van der Waals surface area contributed by atoms with E-state index in [1.54, 1.807) is 14.1 Å². The van der Waals surface area contributed by atoms with E-state index in [-0.39, 0.29) is 30.5 Å². The predicted octanol–water partition coefficient (Wildman–Crippen LogP) is 2.49. The van der Waals surface area contributed by atoms with Crippen LogP contribution in [0.5, 0.6) is 5.75 Å². The first-order valence-corrected chi connectivity index (χ1v) is 5.50. The van der Waals surface area contributed by atoms with Crippen LogP contribution in [0.25, 0.3) is 0 Å². The molecular weight excluding hydrogens is 297 g/mol. The maximum absolute atomic E-state index is 12.0. The molecule has 4 nitrogen and oxygen atoms in total. The number of halogens is 4. The van der Waals surface area contributed by atoms with E-state index in [9.17, 15) is 18.0 Å². The summed E-state index contributed by atoms with van der Waals surface area (Å²) in [6, 6.07) is 4.60. The molecule has 1 amide bonds. The zero-order chi connectivity index (χ0) is 14.6. The lowest BCUT2D eigenvalue weighted by molar-refractivity contribution is -0.274. The number of hydrogen-bond donors (Lipinski definition) is 1. The third-order valence-corrected chi connectivity index (χ3v) is 2.44. The third kappa shape index (κ3) is 6.12. The van der Waals surface area contributed by atoms with Gasteiger partial charge in [0.15, 0.2) is 0 Å². The molecule has 1 aromatic carbocycles. The minimum Gasteiger partial charge on any atom is -0.406 e. The van der Waals surface area contributed by atoms with Gasteiger partial charge in [-0.3, -0.25) is 4.79 Å². The van der Waals surface area contributed by atoms with Gasteiger partial charge < -0.3 is 15.4 Å². The molecule has 0 aliphatic rings. The van der Waals surface area contributed by atoms with E-state index in [0.29, 0.717) is 5.56 Å². The second-order valence-corrected chi connectivity index (χ2v) is 4.22. The molecule has 0 saturated heterocycles. The Kier molecular flexibility index (Phi) is 6.81. The summed E-state index contributed by atoms with van der Waals surface area (Å²) in [6.45, 7) is 0. The van der Waals surface area contributed by atoms with Crippen LogP contribution in [0.3, 0.4) is 0 Å². The highest BCUT2D eigenvalue weighted by molar-refractivity contribution is 5.85. The van der Waals surface area contributed by atoms with Crippen LogP contribution in [0, 0.1) is 0 Å². The molecule has 0 heterocycles. The number of carbonyl (C=O) groups is 1. The fraction of sp³-hybridized carbons (Fsp3) is 0.417. The first kappa shape index (κ1) is 18.5. The summed E-state index contributed by atoms with van der Waals surface area (Å²) in [7, 11) is 3.21. The number of ether oxygens (including phenoxy) is 1. The molecule has 0 fully saturated rings. The van der Waals surface area contributed by atoms with Crippen molar-refractivity contribution in [2.24, 2.45) is 5.73 Å². The largest absolute Gasteiger partial charge is 0.573 e. The monoisotopic (exact) mass is 312 g/mol. The van der Waals surface area contributed by atoms with Crippen LogP contribution in [0.1, 0.15) is 18.0 Å². The van der Waals surface area contributed by atoms with Crippen molar-refractivity contribution in [3.63, 3.8) is 0 Å². The average molecular weight is 313 g/mol. The number of nitrogens with two attached hydrogens (primary N) is 1. The molecule has 0 bridgehead atoms. The fourth-order valence-corrected chi connectivity index (χ4v) is 1.41. The second kappa shape index (κ2) is 7.35. The predicted molar refractivity (Wildman–Crippen MR) is 70.6 cm³/mol.